The number of rotatable bonds is 2. The summed E-state index contributed by atoms with van der Waals surface area (Å²) in [7, 11) is 0. The number of hydrogen-bond donors (Lipinski definition) is 0. The summed E-state index contributed by atoms with van der Waals surface area (Å²) in [5.41, 5.74) is 3.58. The Morgan fingerprint density at radius 1 is 1.17 bits per heavy atom. The summed E-state index contributed by atoms with van der Waals surface area (Å²) in [6.07, 6.45) is 0.920. The Balaban J connectivity index is 1.93. The number of hydrogen-bond acceptors (Lipinski definition) is 3. The topological polar surface area (TPSA) is 32.7 Å². The van der Waals surface area contributed by atoms with E-state index < -0.39 is 0 Å². The Labute approximate surface area is 145 Å². The van der Waals surface area contributed by atoms with Gasteiger partial charge in [0.05, 0.1) is 5.69 Å². The molecule has 1 saturated heterocycles. The maximum Gasteiger partial charge on any atom is 0.259 e. The van der Waals surface area contributed by atoms with Gasteiger partial charge in [-0.25, -0.2) is 9.38 Å². The molecule has 5 heteroatoms. The Morgan fingerprint density at radius 2 is 1.92 bits per heavy atom. The molecule has 0 N–H and O–H groups in total. The molecular formula is C19H19FN2OS. The van der Waals surface area contributed by atoms with Gasteiger partial charge in [-0.3, -0.25) is 9.69 Å². The molecular weight excluding hydrogens is 323 g/mol. The zero-order chi connectivity index (χ0) is 17.1. The van der Waals surface area contributed by atoms with Crippen LogP contribution in [0.3, 0.4) is 0 Å². The maximum atomic E-state index is 13.1. The van der Waals surface area contributed by atoms with E-state index in [-0.39, 0.29) is 11.7 Å². The van der Waals surface area contributed by atoms with Crippen molar-refractivity contribution in [1.29, 1.82) is 0 Å². The molecule has 3 rings (SSSR count). The third-order valence-corrected chi connectivity index (χ3v) is 4.97. The Kier molecular flexibility index (Phi) is 5.00. The van der Waals surface area contributed by atoms with Crippen LogP contribution in [0, 0.1) is 19.7 Å². The second-order valence-electron chi connectivity index (χ2n) is 5.85. The summed E-state index contributed by atoms with van der Waals surface area (Å²) in [5, 5.41) is 0.712. The number of aliphatic imine (C=N–C) groups is 1. The molecule has 0 bridgehead atoms. The third-order valence-electron chi connectivity index (χ3n) is 3.91. The number of nitrogens with zero attached hydrogens (tertiary/aromatic N) is 2. The zero-order valence-electron chi connectivity index (χ0n) is 13.8. The number of amides is 1. The monoisotopic (exact) mass is 342 g/mol. The minimum absolute atomic E-state index is 0.133. The maximum absolute atomic E-state index is 13.1. The van der Waals surface area contributed by atoms with Crippen molar-refractivity contribution in [3.8, 4) is 0 Å². The van der Waals surface area contributed by atoms with Gasteiger partial charge >= 0.3 is 0 Å². The van der Waals surface area contributed by atoms with Crippen LogP contribution >= 0.6 is 11.8 Å². The van der Waals surface area contributed by atoms with Crippen LogP contribution < -0.4 is 0 Å². The van der Waals surface area contributed by atoms with E-state index in [1.165, 1.54) is 24.3 Å². The molecule has 0 aliphatic carbocycles. The fourth-order valence-electron chi connectivity index (χ4n) is 2.53. The molecule has 24 heavy (non-hydrogen) atoms. The molecule has 124 valence electrons. The van der Waals surface area contributed by atoms with E-state index in [9.17, 15) is 9.18 Å². The van der Waals surface area contributed by atoms with Gasteiger partial charge in [0.2, 0.25) is 0 Å². The normalized spacial score (nSPS) is 16.5. The average molecular weight is 342 g/mol. The van der Waals surface area contributed by atoms with E-state index in [1.54, 1.807) is 16.7 Å². The smallest absolute Gasteiger partial charge is 0.259 e. The van der Waals surface area contributed by atoms with Crippen molar-refractivity contribution in [2.75, 3.05) is 12.3 Å². The van der Waals surface area contributed by atoms with Crippen LogP contribution in [0.25, 0.3) is 0 Å². The molecule has 3 nitrogen and oxygen atoms in total. The van der Waals surface area contributed by atoms with Gasteiger partial charge in [0.15, 0.2) is 5.17 Å². The molecule has 1 amide bonds. The molecule has 2 aromatic carbocycles. The lowest BCUT2D eigenvalue weighted by Gasteiger charge is -2.28. The van der Waals surface area contributed by atoms with Crippen LogP contribution in [0.15, 0.2) is 47.5 Å². The van der Waals surface area contributed by atoms with Crippen molar-refractivity contribution in [2.24, 2.45) is 4.99 Å². The average Bonchev–Trinajstić information content (AvgIpc) is 2.59. The quantitative estimate of drug-likeness (QED) is 0.792. The number of aryl methyl sites for hydroxylation is 2. The lowest BCUT2D eigenvalue weighted by Crippen LogP contribution is -2.39. The Bertz CT molecular complexity index is 786. The third kappa shape index (κ3) is 3.67. The van der Waals surface area contributed by atoms with Gasteiger partial charge in [-0.05, 0) is 61.7 Å². The highest BCUT2D eigenvalue weighted by Crippen LogP contribution is 2.26. The van der Waals surface area contributed by atoms with Crippen molar-refractivity contribution >= 4 is 28.5 Å². The van der Waals surface area contributed by atoms with Crippen molar-refractivity contribution < 1.29 is 9.18 Å². The lowest BCUT2D eigenvalue weighted by molar-refractivity contribution is 0.0849. The highest BCUT2D eigenvalue weighted by molar-refractivity contribution is 8.13. The summed E-state index contributed by atoms with van der Waals surface area (Å²) in [4.78, 5) is 19.2. The highest BCUT2D eigenvalue weighted by atomic mass is 32.2. The van der Waals surface area contributed by atoms with Gasteiger partial charge in [-0.1, -0.05) is 23.9 Å². The number of benzene rings is 2. The number of carbonyl (C=O) groups is 1. The number of halogens is 1. The van der Waals surface area contributed by atoms with Crippen molar-refractivity contribution in [2.45, 2.75) is 20.3 Å². The SMILES string of the molecule is Cc1ccc(C)c(N=C2SCCCN2C(=O)c2ccc(F)cc2)c1. The summed E-state index contributed by atoms with van der Waals surface area (Å²) in [6.45, 7) is 4.67. The molecule has 2 aromatic rings. The van der Waals surface area contributed by atoms with E-state index in [1.807, 2.05) is 26.0 Å². The first-order valence-corrected chi connectivity index (χ1v) is 8.89. The number of thioether (sulfide) groups is 1. The van der Waals surface area contributed by atoms with Crippen molar-refractivity contribution in [3.63, 3.8) is 0 Å². The summed E-state index contributed by atoms with van der Waals surface area (Å²) < 4.78 is 13.1. The largest absolute Gasteiger partial charge is 0.287 e. The first-order valence-electron chi connectivity index (χ1n) is 7.91. The van der Waals surface area contributed by atoms with Crippen LogP contribution in [0.4, 0.5) is 10.1 Å². The van der Waals surface area contributed by atoms with Gasteiger partial charge in [-0.2, -0.15) is 0 Å². The molecule has 0 unspecified atom stereocenters. The van der Waals surface area contributed by atoms with Crippen LogP contribution in [0.2, 0.25) is 0 Å². The number of amidine groups is 1. The second kappa shape index (κ2) is 7.18. The molecule has 1 fully saturated rings. The van der Waals surface area contributed by atoms with Crippen molar-refractivity contribution in [3.05, 3.63) is 65.0 Å². The van der Waals surface area contributed by atoms with Gasteiger partial charge in [0.1, 0.15) is 5.82 Å². The molecule has 0 atom stereocenters. The molecule has 0 radical (unpaired) electrons. The van der Waals surface area contributed by atoms with E-state index in [0.29, 0.717) is 17.3 Å². The summed E-state index contributed by atoms with van der Waals surface area (Å²) >= 11 is 1.59. The lowest BCUT2D eigenvalue weighted by atomic mass is 10.1. The second-order valence-corrected chi connectivity index (χ2v) is 6.91. The van der Waals surface area contributed by atoms with Crippen LogP contribution in [0.1, 0.15) is 27.9 Å². The molecule has 0 aromatic heterocycles. The van der Waals surface area contributed by atoms with E-state index in [4.69, 9.17) is 4.99 Å². The molecule has 1 aliphatic rings. The first-order chi connectivity index (χ1) is 11.5. The molecule has 0 saturated carbocycles. The van der Waals surface area contributed by atoms with E-state index in [0.717, 1.165) is 29.0 Å². The first kappa shape index (κ1) is 16.7. The minimum Gasteiger partial charge on any atom is -0.287 e. The van der Waals surface area contributed by atoms with Crippen LogP contribution in [-0.4, -0.2) is 28.3 Å². The van der Waals surface area contributed by atoms with E-state index >= 15 is 0 Å². The predicted octanol–water partition coefficient (Wildman–Crippen LogP) is 4.71. The van der Waals surface area contributed by atoms with Gasteiger partial charge < -0.3 is 0 Å². The fraction of sp³-hybridized carbons (Fsp3) is 0.263. The zero-order valence-corrected chi connectivity index (χ0v) is 14.6. The predicted molar refractivity (Wildman–Crippen MR) is 97.5 cm³/mol. The van der Waals surface area contributed by atoms with E-state index in [2.05, 4.69) is 6.07 Å². The Morgan fingerprint density at radius 3 is 2.67 bits per heavy atom. The van der Waals surface area contributed by atoms with Crippen LogP contribution in [-0.2, 0) is 0 Å². The van der Waals surface area contributed by atoms with Gasteiger partial charge in [0, 0.05) is 17.9 Å². The summed E-state index contributed by atoms with van der Waals surface area (Å²) in [5.74, 6) is 0.465. The van der Waals surface area contributed by atoms with Crippen molar-refractivity contribution in [1.82, 2.24) is 4.90 Å². The standard InChI is InChI=1S/C19H19FN2OS/c1-13-4-5-14(2)17(12-13)21-19-22(10-3-11-24-19)18(23)15-6-8-16(20)9-7-15/h4-9,12H,3,10-11H2,1-2H3. The van der Waals surface area contributed by atoms with Crippen LogP contribution in [0.5, 0.6) is 0 Å². The highest BCUT2D eigenvalue weighted by Gasteiger charge is 2.25. The number of carbonyl (C=O) groups excluding carboxylic acids is 1. The van der Waals surface area contributed by atoms with Gasteiger partial charge in [0.25, 0.3) is 5.91 Å². The minimum atomic E-state index is -0.344. The van der Waals surface area contributed by atoms with Gasteiger partial charge in [-0.15, -0.1) is 0 Å². The fourth-order valence-corrected chi connectivity index (χ4v) is 3.48. The molecule has 1 heterocycles. The molecule has 1 aliphatic heterocycles. The molecule has 0 spiro atoms. The summed E-state index contributed by atoms with van der Waals surface area (Å²) in [6, 6.07) is 11.8. The Hall–Kier alpha value is -2.14.